The van der Waals surface area contributed by atoms with E-state index in [2.05, 4.69) is 32.9 Å². The maximum atomic E-state index is 5.49. The summed E-state index contributed by atoms with van der Waals surface area (Å²) in [6, 6.07) is 0. The maximum Gasteiger partial charge on any atom is 0.117 e. The zero-order valence-corrected chi connectivity index (χ0v) is 12.0. The van der Waals surface area contributed by atoms with Gasteiger partial charge < -0.3 is 4.84 Å². The van der Waals surface area contributed by atoms with Crippen LogP contribution in [0.5, 0.6) is 0 Å². The molecule has 1 fully saturated rings. The molecule has 1 saturated carbocycles. The van der Waals surface area contributed by atoms with Gasteiger partial charge in [-0.05, 0) is 37.5 Å². The summed E-state index contributed by atoms with van der Waals surface area (Å²) in [6.07, 6.45) is 7.39. The molecule has 0 N–H and O–H groups in total. The Bertz CT molecular complexity index is 235. The first-order valence-corrected chi connectivity index (χ1v) is 7.33. The Kier molecular flexibility index (Phi) is 6.61. The Morgan fingerprint density at radius 2 is 2.06 bits per heavy atom. The summed E-state index contributed by atoms with van der Waals surface area (Å²) in [5, 5.41) is 4.42. The van der Waals surface area contributed by atoms with E-state index in [1.54, 1.807) is 0 Å². The molecule has 1 rings (SSSR count). The third-order valence-electron chi connectivity index (χ3n) is 3.78. The molecular formula is C15H29NO. The lowest BCUT2D eigenvalue weighted by atomic mass is 9.76. The molecule has 0 aliphatic heterocycles. The fraction of sp³-hybridized carbons (Fsp3) is 0.933. The van der Waals surface area contributed by atoms with Gasteiger partial charge in [0, 0.05) is 5.92 Å². The highest BCUT2D eigenvalue weighted by Crippen LogP contribution is 2.31. The number of unbranched alkanes of at least 4 members (excludes halogenated alkanes) is 2. The summed E-state index contributed by atoms with van der Waals surface area (Å²) in [7, 11) is 0. The molecule has 0 spiro atoms. The van der Waals surface area contributed by atoms with Gasteiger partial charge in [0.05, 0.1) is 5.71 Å². The molecule has 0 aromatic rings. The predicted octanol–water partition coefficient (Wildman–Crippen LogP) is 4.64. The van der Waals surface area contributed by atoms with Crippen LogP contribution in [0.3, 0.4) is 0 Å². The summed E-state index contributed by atoms with van der Waals surface area (Å²) in [5.74, 6) is 2.13. The lowest BCUT2D eigenvalue weighted by molar-refractivity contribution is 0.134. The summed E-state index contributed by atoms with van der Waals surface area (Å²) >= 11 is 0. The fourth-order valence-electron chi connectivity index (χ4n) is 2.61. The molecule has 0 aromatic carbocycles. The topological polar surface area (TPSA) is 21.6 Å². The van der Waals surface area contributed by atoms with E-state index in [4.69, 9.17) is 4.84 Å². The predicted molar refractivity (Wildman–Crippen MR) is 74.3 cm³/mol. The summed E-state index contributed by atoms with van der Waals surface area (Å²) in [5.41, 5.74) is 1.32. The van der Waals surface area contributed by atoms with Crippen LogP contribution in [0.4, 0.5) is 0 Å². The van der Waals surface area contributed by atoms with Gasteiger partial charge >= 0.3 is 0 Å². The molecule has 2 atom stereocenters. The SMILES string of the molecule is CCCCCO/N=C1\C[C@H](C)CC[C@H]1C(C)C. The smallest absolute Gasteiger partial charge is 0.117 e. The van der Waals surface area contributed by atoms with E-state index in [0.29, 0.717) is 11.8 Å². The zero-order chi connectivity index (χ0) is 12.7. The monoisotopic (exact) mass is 239 g/mol. The van der Waals surface area contributed by atoms with E-state index in [0.717, 1.165) is 25.4 Å². The third kappa shape index (κ3) is 5.10. The highest BCUT2D eigenvalue weighted by Gasteiger charge is 2.27. The molecule has 0 saturated heterocycles. The first-order valence-electron chi connectivity index (χ1n) is 7.33. The average molecular weight is 239 g/mol. The molecule has 0 radical (unpaired) electrons. The van der Waals surface area contributed by atoms with Crippen molar-refractivity contribution in [1.82, 2.24) is 0 Å². The zero-order valence-electron chi connectivity index (χ0n) is 12.0. The van der Waals surface area contributed by atoms with Crippen molar-refractivity contribution in [2.75, 3.05) is 6.61 Å². The largest absolute Gasteiger partial charge is 0.396 e. The van der Waals surface area contributed by atoms with Crippen LogP contribution in [0.2, 0.25) is 0 Å². The van der Waals surface area contributed by atoms with Crippen molar-refractivity contribution in [2.24, 2.45) is 22.9 Å². The highest BCUT2D eigenvalue weighted by atomic mass is 16.6. The first kappa shape index (κ1) is 14.5. The van der Waals surface area contributed by atoms with Crippen molar-refractivity contribution in [3.05, 3.63) is 0 Å². The van der Waals surface area contributed by atoms with E-state index in [-0.39, 0.29) is 0 Å². The lowest BCUT2D eigenvalue weighted by Gasteiger charge is -2.30. The fourth-order valence-corrected chi connectivity index (χ4v) is 2.61. The second kappa shape index (κ2) is 7.73. The Morgan fingerprint density at radius 1 is 1.29 bits per heavy atom. The van der Waals surface area contributed by atoms with Gasteiger partial charge in [-0.25, -0.2) is 0 Å². The summed E-state index contributed by atoms with van der Waals surface area (Å²) in [4.78, 5) is 5.49. The Labute approximate surface area is 107 Å². The molecule has 17 heavy (non-hydrogen) atoms. The minimum Gasteiger partial charge on any atom is -0.396 e. The number of oxime groups is 1. The highest BCUT2D eigenvalue weighted by molar-refractivity contribution is 5.87. The second-order valence-corrected chi connectivity index (χ2v) is 5.86. The van der Waals surface area contributed by atoms with Gasteiger partial charge in [0.25, 0.3) is 0 Å². The number of hydrogen-bond donors (Lipinski definition) is 0. The lowest BCUT2D eigenvalue weighted by Crippen LogP contribution is -2.28. The van der Waals surface area contributed by atoms with Crippen LogP contribution in [-0.4, -0.2) is 12.3 Å². The van der Waals surface area contributed by atoms with E-state index >= 15 is 0 Å². The van der Waals surface area contributed by atoms with Crippen LogP contribution >= 0.6 is 0 Å². The Balaban J connectivity index is 2.42. The first-order chi connectivity index (χ1) is 8.15. The van der Waals surface area contributed by atoms with Gasteiger partial charge in [-0.1, -0.05) is 45.7 Å². The van der Waals surface area contributed by atoms with Gasteiger partial charge in [0.2, 0.25) is 0 Å². The van der Waals surface area contributed by atoms with Gasteiger partial charge in [-0.2, -0.15) is 0 Å². The van der Waals surface area contributed by atoms with Crippen molar-refractivity contribution in [3.63, 3.8) is 0 Å². The number of nitrogens with zero attached hydrogens (tertiary/aromatic N) is 1. The molecule has 2 nitrogen and oxygen atoms in total. The minimum absolute atomic E-state index is 0.650. The number of hydrogen-bond acceptors (Lipinski definition) is 2. The van der Waals surface area contributed by atoms with E-state index in [1.807, 2.05) is 0 Å². The Hall–Kier alpha value is -0.530. The number of rotatable bonds is 6. The molecule has 0 amide bonds. The van der Waals surface area contributed by atoms with Gasteiger partial charge in [-0.3, -0.25) is 0 Å². The van der Waals surface area contributed by atoms with Crippen LogP contribution in [0.25, 0.3) is 0 Å². The van der Waals surface area contributed by atoms with Crippen LogP contribution < -0.4 is 0 Å². The maximum absolute atomic E-state index is 5.49. The molecule has 0 aromatic heterocycles. The van der Waals surface area contributed by atoms with Crippen LogP contribution in [0, 0.1) is 17.8 Å². The second-order valence-electron chi connectivity index (χ2n) is 5.86. The molecule has 0 bridgehead atoms. The van der Waals surface area contributed by atoms with E-state index in [9.17, 15) is 0 Å². The molecule has 2 heteroatoms. The van der Waals surface area contributed by atoms with Gasteiger partial charge in [0.1, 0.15) is 6.61 Å². The van der Waals surface area contributed by atoms with Crippen LogP contribution in [0.1, 0.15) is 66.2 Å². The standard InChI is InChI=1S/C15H29NO/c1-5-6-7-10-17-16-15-11-13(4)8-9-14(15)12(2)3/h12-14H,5-11H2,1-4H3/b16-15+/t13-,14+/m1/s1. The van der Waals surface area contributed by atoms with Gasteiger partial charge in [0.15, 0.2) is 0 Å². The van der Waals surface area contributed by atoms with E-state index in [1.165, 1.54) is 31.4 Å². The molecule has 100 valence electrons. The molecular weight excluding hydrogens is 210 g/mol. The van der Waals surface area contributed by atoms with Crippen molar-refractivity contribution in [3.8, 4) is 0 Å². The minimum atomic E-state index is 0.650. The van der Waals surface area contributed by atoms with Crippen LogP contribution in [0.15, 0.2) is 5.16 Å². The van der Waals surface area contributed by atoms with Crippen LogP contribution in [-0.2, 0) is 4.84 Å². The van der Waals surface area contributed by atoms with Crippen molar-refractivity contribution in [2.45, 2.75) is 66.2 Å². The van der Waals surface area contributed by atoms with Crippen molar-refractivity contribution < 1.29 is 4.84 Å². The summed E-state index contributed by atoms with van der Waals surface area (Å²) in [6.45, 7) is 9.92. The molecule has 0 heterocycles. The Morgan fingerprint density at radius 3 is 2.71 bits per heavy atom. The third-order valence-corrected chi connectivity index (χ3v) is 3.78. The van der Waals surface area contributed by atoms with Crippen molar-refractivity contribution >= 4 is 5.71 Å². The quantitative estimate of drug-likeness (QED) is 0.488. The van der Waals surface area contributed by atoms with E-state index < -0.39 is 0 Å². The molecule has 1 aliphatic carbocycles. The van der Waals surface area contributed by atoms with Gasteiger partial charge in [-0.15, -0.1) is 0 Å². The summed E-state index contributed by atoms with van der Waals surface area (Å²) < 4.78 is 0. The molecule has 0 unspecified atom stereocenters. The normalized spacial score (nSPS) is 27.7. The molecule has 1 aliphatic rings. The average Bonchev–Trinajstić information content (AvgIpc) is 2.28. The van der Waals surface area contributed by atoms with Crippen molar-refractivity contribution in [1.29, 1.82) is 0 Å².